The number of nitrogens with one attached hydrogen (secondary N) is 3. The molecule has 6 atom stereocenters. The van der Waals surface area contributed by atoms with Gasteiger partial charge in [0.1, 0.15) is 51.5 Å². The van der Waals surface area contributed by atoms with Crippen LogP contribution < -0.4 is 24.8 Å². The number of likely N-dealkylation sites (tertiary alicyclic amines) is 1. The predicted octanol–water partition coefficient (Wildman–Crippen LogP) is 7.48. The Hall–Kier alpha value is -5.03. The number of alkyl carbamates (subject to hydrolysis) is 1. The van der Waals surface area contributed by atoms with Crippen molar-refractivity contribution in [2.45, 2.75) is 147 Å². The number of hydrogen-bond donors (Lipinski definition) is 3. The van der Waals surface area contributed by atoms with Gasteiger partial charge in [-0.3, -0.25) is 19.1 Å². The van der Waals surface area contributed by atoms with Crippen molar-refractivity contribution in [1.82, 2.24) is 30.2 Å². The molecule has 3 heterocycles. The Morgan fingerprint density at radius 3 is 2.39 bits per heavy atom. The van der Waals surface area contributed by atoms with Gasteiger partial charge in [0.05, 0.1) is 29.6 Å². The number of sulfonamides is 1. The molecule has 348 valence electrons. The number of aromatic nitrogens is 2. The Balaban J connectivity index is 1.39. The molecule has 3 fully saturated rings. The van der Waals surface area contributed by atoms with Gasteiger partial charge in [-0.1, -0.05) is 45.8 Å². The average Bonchev–Trinajstić information content (AvgIpc) is 4.04. The van der Waals surface area contributed by atoms with Crippen molar-refractivity contribution in [2.75, 3.05) is 13.7 Å². The summed E-state index contributed by atoms with van der Waals surface area (Å²) >= 11 is 1.47. The summed E-state index contributed by atoms with van der Waals surface area (Å²) in [6, 6.07) is 3.22. The molecule has 1 aliphatic heterocycles. The number of nitrogens with zero attached hydrogens (tertiary/aromatic N) is 3. The number of thiazole rings is 1. The molecule has 3 N–H and O–H groups in total. The molecular weight excluding hydrogens is 857 g/mol. The van der Waals surface area contributed by atoms with Crippen molar-refractivity contribution in [3.05, 3.63) is 60.1 Å². The van der Waals surface area contributed by atoms with Crippen LogP contribution in [-0.4, -0.2) is 94.8 Å². The van der Waals surface area contributed by atoms with Crippen molar-refractivity contribution in [3.63, 3.8) is 0 Å². The monoisotopic (exact) mass is 920 g/mol. The molecule has 2 aromatic heterocycles. The van der Waals surface area contributed by atoms with Crippen LogP contribution in [0.2, 0.25) is 0 Å². The van der Waals surface area contributed by atoms with E-state index >= 15 is 0 Å². The first-order chi connectivity index (χ1) is 30.1. The van der Waals surface area contributed by atoms with Crippen molar-refractivity contribution in [3.8, 4) is 22.2 Å². The SMILES string of the molecule is C=CCCCCC[C@H](NC(=O)OC(C)(C)C)C(=O)N1C[C@H](Oc2cc(-c3nc(C(C)C)cs3)nc3c(C)c(OC)ccc23)[C@@H](C)[C@H]1C(=O)N[C@]1(C(=O)NS(=O)(=O)C2(C)CC2)C[C@H]1C=C. The Bertz CT molecular complexity index is 2410. The number of pyridine rings is 1. The zero-order chi connectivity index (χ0) is 46.9. The van der Waals surface area contributed by atoms with E-state index in [0.29, 0.717) is 52.4 Å². The number of carbonyl (C=O) groups is 4. The van der Waals surface area contributed by atoms with Gasteiger partial charge in [0, 0.05) is 34.2 Å². The van der Waals surface area contributed by atoms with Crippen LogP contribution in [0.1, 0.15) is 117 Å². The summed E-state index contributed by atoms with van der Waals surface area (Å²) in [4.78, 5) is 68.4. The quantitative estimate of drug-likeness (QED) is 0.0797. The third-order valence-electron chi connectivity index (χ3n) is 12.6. The molecule has 2 saturated carbocycles. The predicted molar refractivity (Wildman–Crippen MR) is 248 cm³/mol. The van der Waals surface area contributed by atoms with E-state index in [0.717, 1.165) is 30.5 Å². The van der Waals surface area contributed by atoms with Crippen LogP contribution in [-0.2, 0) is 29.1 Å². The normalized spacial score (nSPS) is 22.9. The second-order valence-electron chi connectivity index (χ2n) is 19.0. The Kier molecular flexibility index (Phi) is 14.2. The molecule has 3 aromatic rings. The van der Waals surface area contributed by atoms with Gasteiger partial charge in [-0.25, -0.2) is 23.2 Å². The van der Waals surface area contributed by atoms with E-state index < -0.39 is 79.7 Å². The Labute approximate surface area is 381 Å². The van der Waals surface area contributed by atoms with Crippen LogP contribution in [0.3, 0.4) is 0 Å². The highest BCUT2D eigenvalue weighted by Gasteiger charge is 2.63. The van der Waals surface area contributed by atoms with Gasteiger partial charge in [-0.05, 0) is 91.2 Å². The molecule has 0 bridgehead atoms. The standard InChI is InChI=1S/C47H64N6O9S2/c1-12-14-15-16-17-18-32(50-44(57)62-45(7,8)9)42(55)53-25-37(29(6)39(53)40(54)51-47(24-30(47)13-2)43(56)52-64(58,59)46(10)21-22-46)61-36-23-33(41-49-34(26-63-41)27(3)4)48-38-28(5)35(60-11)20-19-31(36)38/h12-13,19-20,23,26-27,29-30,32,37,39H,1-2,14-18,21-22,24-25H2,3-11H3,(H,50,57)(H,51,54)(H,52,56)/t29-,30-,32+,37+,39+,47-/m1/s1. The molecule has 1 aromatic carbocycles. The molecule has 6 rings (SSSR count). The highest BCUT2D eigenvalue weighted by molar-refractivity contribution is 7.91. The third kappa shape index (κ3) is 10.2. The maximum Gasteiger partial charge on any atom is 0.408 e. The third-order valence-corrected chi connectivity index (χ3v) is 15.6. The van der Waals surface area contributed by atoms with E-state index in [-0.39, 0.29) is 25.3 Å². The van der Waals surface area contributed by atoms with Crippen LogP contribution in [0.4, 0.5) is 4.79 Å². The molecular formula is C47H64N6O9S2. The number of ether oxygens (including phenoxy) is 3. The summed E-state index contributed by atoms with van der Waals surface area (Å²) in [6.07, 6.45) is 5.96. The van der Waals surface area contributed by atoms with E-state index in [1.165, 1.54) is 22.3 Å². The molecule has 1 saturated heterocycles. The summed E-state index contributed by atoms with van der Waals surface area (Å²) in [5.74, 6) is -2.03. The lowest BCUT2D eigenvalue weighted by molar-refractivity contribution is -0.142. The van der Waals surface area contributed by atoms with Crippen LogP contribution in [0.15, 0.2) is 48.9 Å². The van der Waals surface area contributed by atoms with Gasteiger partial charge >= 0.3 is 6.09 Å². The fourth-order valence-corrected chi connectivity index (χ4v) is 10.4. The van der Waals surface area contributed by atoms with E-state index in [1.807, 2.05) is 36.6 Å². The van der Waals surface area contributed by atoms with Gasteiger partial charge in [0.2, 0.25) is 21.8 Å². The number of amides is 4. The van der Waals surface area contributed by atoms with Crippen LogP contribution in [0.25, 0.3) is 21.6 Å². The largest absolute Gasteiger partial charge is 0.496 e. The minimum atomic E-state index is -4.04. The first-order valence-corrected chi connectivity index (χ1v) is 24.5. The van der Waals surface area contributed by atoms with Gasteiger partial charge in [-0.15, -0.1) is 24.5 Å². The van der Waals surface area contributed by atoms with Gasteiger partial charge in [-0.2, -0.15) is 0 Å². The fraction of sp³-hybridized carbons (Fsp3) is 0.574. The molecule has 2 aliphatic carbocycles. The molecule has 0 spiro atoms. The number of unbranched alkanes of at least 4 members (excludes halogenated alkanes) is 3. The summed E-state index contributed by atoms with van der Waals surface area (Å²) < 4.78 is 45.8. The van der Waals surface area contributed by atoms with Crippen LogP contribution >= 0.6 is 11.3 Å². The topological polar surface area (TPSA) is 195 Å². The van der Waals surface area contributed by atoms with E-state index in [9.17, 15) is 27.6 Å². The van der Waals surface area contributed by atoms with E-state index in [2.05, 4.69) is 42.4 Å². The molecule has 3 aliphatic rings. The summed E-state index contributed by atoms with van der Waals surface area (Å²) in [5.41, 5.74) is 0.459. The maximum atomic E-state index is 15.0. The first-order valence-electron chi connectivity index (χ1n) is 22.1. The molecule has 4 amide bonds. The summed E-state index contributed by atoms with van der Waals surface area (Å²) in [7, 11) is -2.45. The Morgan fingerprint density at radius 2 is 1.80 bits per heavy atom. The molecule has 0 unspecified atom stereocenters. The van der Waals surface area contributed by atoms with Crippen molar-refractivity contribution >= 4 is 56.1 Å². The zero-order valence-electron chi connectivity index (χ0n) is 38.5. The molecule has 15 nitrogen and oxygen atoms in total. The minimum absolute atomic E-state index is 0.0685. The van der Waals surface area contributed by atoms with Gasteiger partial charge < -0.3 is 29.7 Å². The number of rotatable bonds is 19. The smallest absolute Gasteiger partial charge is 0.408 e. The van der Waals surface area contributed by atoms with Crippen molar-refractivity contribution in [2.24, 2.45) is 11.8 Å². The number of allylic oxidation sites excluding steroid dienone is 1. The molecule has 0 radical (unpaired) electrons. The second-order valence-corrected chi connectivity index (χ2v) is 22.0. The molecule has 64 heavy (non-hydrogen) atoms. The lowest BCUT2D eigenvalue weighted by atomic mass is 9.98. The van der Waals surface area contributed by atoms with Crippen LogP contribution in [0.5, 0.6) is 11.5 Å². The highest BCUT2D eigenvalue weighted by Crippen LogP contribution is 2.47. The number of aryl methyl sites for hydroxylation is 1. The minimum Gasteiger partial charge on any atom is -0.496 e. The Morgan fingerprint density at radius 1 is 1.08 bits per heavy atom. The highest BCUT2D eigenvalue weighted by atomic mass is 32.2. The van der Waals surface area contributed by atoms with Crippen molar-refractivity contribution < 1.29 is 41.8 Å². The first kappa shape index (κ1) is 48.4. The number of benzene rings is 1. The number of carbonyl (C=O) groups excluding carboxylic acids is 4. The fourth-order valence-electron chi connectivity index (χ4n) is 8.18. The number of fused-ring (bicyclic) bond motifs is 1. The lowest BCUT2D eigenvalue weighted by Gasteiger charge is -2.31. The average molecular weight is 921 g/mol. The van der Waals surface area contributed by atoms with Crippen molar-refractivity contribution in [1.29, 1.82) is 0 Å². The maximum absolute atomic E-state index is 15.0. The van der Waals surface area contributed by atoms with Crippen LogP contribution in [0, 0.1) is 18.8 Å². The second kappa shape index (κ2) is 18.8. The molecule has 17 heteroatoms. The summed E-state index contributed by atoms with van der Waals surface area (Å²) in [5, 5.41) is 9.04. The lowest BCUT2D eigenvalue weighted by Crippen LogP contribution is -2.59. The van der Waals surface area contributed by atoms with E-state index in [4.69, 9.17) is 24.2 Å². The van der Waals surface area contributed by atoms with Gasteiger partial charge in [0.25, 0.3) is 5.91 Å². The van der Waals surface area contributed by atoms with E-state index in [1.54, 1.807) is 41.7 Å². The number of methoxy groups -OCH3 is 1. The zero-order valence-corrected chi connectivity index (χ0v) is 40.2. The summed E-state index contributed by atoms with van der Waals surface area (Å²) in [6.45, 7) is 22.2. The van der Waals surface area contributed by atoms with Gasteiger partial charge in [0.15, 0.2) is 0 Å². The number of hydrogen-bond acceptors (Lipinski definition) is 12.